The summed E-state index contributed by atoms with van der Waals surface area (Å²) in [4.78, 5) is 17.6. The van der Waals surface area contributed by atoms with Crippen LogP contribution in [0.2, 0.25) is 0 Å². The van der Waals surface area contributed by atoms with Gasteiger partial charge in [0, 0.05) is 12.6 Å². The molecule has 3 heterocycles. The molecule has 1 fully saturated rings. The lowest BCUT2D eigenvalue weighted by Crippen LogP contribution is -2.29. The summed E-state index contributed by atoms with van der Waals surface area (Å²) in [6, 6.07) is 1.84. The Morgan fingerprint density at radius 1 is 1.35 bits per heavy atom. The van der Waals surface area contributed by atoms with E-state index in [2.05, 4.69) is 16.4 Å². The minimum absolute atomic E-state index is 0.454. The predicted octanol–water partition coefficient (Wildman–Crippen LogP) is 1.85. The van der Waals surface area contributed by atoms with Gasteiger partial charge in [0.2, 0.25) is 6.41 Å². The fourth-order valence-electron chi connectivity index (χ4n) is 3.30. The highest BCUT2D eigenvalue weighted by Gasteiger charge is 2.25. The molecule has 1 amide bonds. The largest absolute Gasteiger partial charge is 0.491 e. The van der Waals surface area contributed by atoms with E-state index in [1.54, 1.807) is 19.1 Å². The summed E-state index contributed by atoms with van der Waals surface area (Å²) in [5, 5.41) is 3.39. The standard InChI is InChI=1S/C17H23N3O3/c1-22-15-10-14-16(19-17(15)23-2)13(5-8-20(14)11-21)9-12-3-6-18-7-4-12/h5,10-12,18H,3-4,6-9H2,1-2H3. The normalized spacial score (nSPS) is 18.2. The van der Waals surface area contributed by atoms with Crippen LogP contribution in [0, 0.1) is 5.92 Å². The van der Waals surface area contributed by atoms with Gasteiger partial charge in [-0.3, -0.25) is 4.79 Å². The molecule has 2 aliphatic heterocycles. The smallest absolute Gasteiger partial charge is 0.257 e. The van der Waals surface area contributed by atoms with Gasteiger partial charge in [0.25, 0.3) is 5.88 Å². The van der Waals surface area contributed by atoms with Crippen molar-refractivity contribution in [3.8, 4) is 11.6 Å². The third-order valence-electron chi connectivity index (χ3n) is 4.59. The zero-order valence-corrected chi connectivity index (χ0v) is 13.7. The molecule has 6 heteroatoms. The average molecular weight is 317 g/mol. The Labute approximate surface area is 136 Å². The molecule has 0 aliphatic carbocycles. The number of hydrogen-bond acceptors (Lipinski definition) is 5. The number of nitrogens with one attached hydrogen (secondary N) is 1. The topological polar surface area (TPSA) is 63.7 Å². The third kappa shape index (κ3) is 3.17. The number of nitrogens with zero attached hydrogens (tertiary/aromatic N) is 2. The monoisotopic (exact) mass is 317 g/mol. The molecule has 124 valence electrons. The van der Waals surface area contributed by atoms with Crippen LogP contribution in [0.5, 0.6) is 11.6 Å². The van der Waals surface area contributed by atoms with Crippen LogP contribution in [0.1, 0.15) is 25.0 Å². The van der Waals surface area contributed by atoms with Gasteiger partial charge in [-0.1, -0.05) is 6.08 Å². The molecule has 1 saturated heterocycles. The molecule has 3 rings (SSSR count). The van der Waals surface area contributed by atoms with Crippen LogP contribution in [0.25, 0.3) is 5.57 Å². The zero-order valence-electron chi connectivity index (χ0n) is 13.7. The van der Waals surface area contributed by atoms with Gasteiger partial charge < -0.3 is 19.7 Å². The van der Waals surface area contributed by atoms with Crippen LogP contribution in [0.4, 0.5) is 5.69 Å². The summed E-state index contributed by atoms with van der Waals surface area (Å²) in [5.74, 6) is 1.66. The van der Waals surface area contributed by atoms with Gasteiger partial charge in [0.05, 0.1) is 25.6 Å². The number of ether oxygens (including phenoxy) is 2. The van der Waals surface area contributed by atoms with E-state index in [1.165, 1.54) is 18.4 Å². The highest BCUT2D eigenvalue weighted by molar-refractivity contribution is 5.88. The van der Waals surface area contributed by atoms with Crippen LogP contribution in [0.3, 0.4) is 0 Å². The van der Waals surface area contributed by atoms with Crippen molar-refractivity contribution in [3.63, 3.8) is 0 Å². The van der Waals surface area contributed by atoms with Gasteiger partial charge in [-0.05, 0) is 43.8 Å². The quantitative estimate of drug-likeness (QED) is 0.840. The first kappa shape index (κ1) is 15.8. The van der Waals surface area contributed by atoms with Gasteiger partial charge in [0.1, 0.15) is 0 Å². The number of allylic oxidation sites excluding steroid dienone is 1. The molecule has 0 unspecified atom stereocenters. The van der Waals surface area contributed by atoms with Crippen LogP contribution >= 0.6 is 0 Å². The number of rotatable bonds is 5. The van der Waals surface area contributed by atoms with E-state index >= 15 is 0 Å². The van der Waals surface area contributed by atoms with E-state index in [4.69, 9.17) is 9.47 Å². The Kier molecular flexibility index (Phi) is 4.81. The van der Waals surface area contributed by atoms with Crippen LogP contribution < -0.4 is 19.7 Å². The summed E-state index contributed by atoms with van der Waals surface area (Å²) in [6.07, 6.45) is 6.29. The highest BCUT2D eigenvalue weighted by atomic mass is 16.5. The maximum absolute atomic E-state index is 11.4. The lowest BCUT2D eigenvalue weighted by molar-refractivity contribution is -0.107. The van der Waals surface area contributed by atoms with Crippen molar-refractivity contribution in [2.75, 3.05) is 38.8 Å². The molecule has 0 aromatic carbocycles. The summed E-state index contributed by atoms with van der Waals surface area (Å²) >= 11 is 0. The highest BCUT2D eigenvalue weighted by Crippen LogP contribution is 2.40. The molecule has 1 aromatic rings. The Bertz CT molecular complexity index is 609. The van der Waals surface area contributed by atoms with Gasteiger partial charge in [-0.25, -0.2) is 4.98 Å². The number of amides is 1. The number of carbonyl (C=O) groups is 1. The second-order valence-corrected chi connectivity index (χ2v) is 5.95. The van der Waals surface area contributed by atoms with Crippen molar-refractivity contribution < 1.29 is 14.3 Å². The minimum Gasteiger partial charge on any atom is -0.491 e. The Morgan fingerprint density at radius 3 is 2.78 bits per heavy atom. The molecule has 1 aromatic heterocycles. The van der Waals surface area contributed by atoms with E-state index in [9.17, 15) is 4.79 Å². The maximum atomic E-state index is 11.4. The number of hydrogen-bond donors (Lipinski definition) is 1. The molecule has 0 bridgehead atoms. The second-order valence-electron chi connectivity index (χ2n) is 5.95. The lowest BCUT2D eigenvalue weighted by atomic mass is 9.88. The summed E-state index contributed by atoms with van der Waals surface area (Å²) < 4.78 is 10.7. The molecule has 0 saturated carbocycles. The van der Waals surface area contributed by atoms with Gasteiger partial charge in [-0.2, -0.15) is 0 Å². The first-order valence-corrected chi connectivity index (χ1v) is 8.02. The maximum Gasteiger partial charge on any atom is 0.257 e. The summed E-state index contributed by atoms with van der Waals surface area (Å²) in [7, 11) is 3.15. The summed E-state index contributed by atoms with van der Waals surface area (Å²) in [6.45, 7) is 2.73. The van der Waals surface area contributed by atoms with Crippen molar-refractivity contribution in [2.45, 2.75) is 19.3 Å². The number of piperidine rings is 1. The van der Waals surface area contributed by atoms with Gasteiger partial charge >= 0.3 is 0 Å². The zero-order chi connectivity index (χ0) is 16.2. The van der Waals surface area contributed by atoms with E-state index in [0.717, 1.165) is 37.3 Å². The molecule has 23 heavy (non-hydrogen) atoms. The molecule has 6 nitrogen and oxygen atoms in total. The van der Waals surface area contributed by atoms with E-state index in [1.807, 2.05) is 6.07 Å². The SMILES string of the molecule is COc1cc2c(nc1OC)C(CC1CCNCC1)=CCN2C=O. The Morgan fingerprint density at radius 2 is 2.13 bits per heavy atom. The lowest BCUT2D eigenvalue weighted by Gasteiger charge is -2.29. The van der Waals surface area contributed by atoms with Crippen molar-refractivity contribution in [1.82, 2.24) is 10.3 Å². The molecule has 0 atom stereocenters. The number of methoxy groups -OCH3 is 2. The number of carbonyl (C=O) groups excluding carboxylic acids is 1. The van der Waals surface area contributed by atoms with Crippen molar-refractivity contribution in [3.05, 3.63) is 17.8 Å². The molecule has 2 aliphatic rings. The molecule has 1 N–H and O–H groups in total. The van der Waals surface area contributed by atoms with Crippen LogP contribution in [-0.2, 0) is 4.79 Å². The molecular weight excluding hydrogens is 294 g/mol. The van der Waals surface area contributed by atoms with Crippen molar-refractivity contribution in [1.29, 1.82) is 0 Å². The first-order valence-electron chi connectivity index (χ1n) is 8.02. The first-order chi connectivity index (χ1) is 11.3. The van der Waals surface area contributed by atoms with Gasteiger partial charge in [-0.15, -0.1) is 0 Å². The van der Waals surface area contributed by atoms with E-state index in [-0.39, 0.29) is 0 Å². The minimum atomic E-state index is 0.454. The molecule has 0 spiro atoms. The number of anilines is 1. The number of aromatic nitrogens is 1. The third-order valence-corrected chi connectivity index (χ3v) is 4.59. The van der Waals surface area contributed by atoms with E-state index in [0.29, 0.717) is 24.1 Å². The average Bonchev–Trinajstić information content (AvgIpc) is 2.61. The van der Waals surface area contributed by atoms with Crippen LogP contribution in [-0.4, -0.2) is 45.2 Å². The number of pyridine rings is 1. The Balaban J connectivity index is 1.94. The fraction of sp³-hybridized carbons (Fsp3) is 0.529. The van der Waals surface area contributed by atoms with E-state index < -0.39 is 0 Å². The predicted molar refractivity (Wildman–Crippen MR) is 88.9 cm³/mol. The fourth-order valence-corrected chi connectivity index (χ4v) is 3.30. The second kappa shape index (κ2) is 7.00. The van der Waals surface area contributed by atoms with Gasteiger partial charge in [0.15, 0.2) is 5.75 Å². The number of fused-ring (bicyclic) bond motifs is 1. The van der Waals surface area contributed by atoms with Crippen molar-refractivity contribution in [2.24, 2.45) is 5.92 Å². The van der Waals surface area contributed by atoms with Crippen LogP contribution in [0.15, 0.2) is 12.1 Å². The molecular formula is C17H23N3O3. The summed E-state index contributed by atoms with van der Waals surface area (Å²) in [5.41, 5.74) is 2.83. The van der Waals surface area contributed by atoms with Crippen molar-refractivity contribution >= 4 is 17.7 Å². The Hall–Kier alpha value is -2.08. The molecule has 0 radical (unpaired) electrons.